The van der Waals surface area contributed by atoms with Gasteiger partial charge in [0.15, 0.2) is 0 Å². The summed E-state index contributed by atoms with van der Waals surface area (Å²) in [7, 11) is 0. The van der Waals surface area contributed by atoms with E-state index in [2.05, 4.69) is 39.8 Å². The second-order valence-electron chi connectivity index (χ2n) is 10.8. The Morgan fingerprint density at radius 2 is 1.73 bits per heavy atom. The molecule has 0 saturated carbocycles. The van der Waals surface area contributed by atoms with Crippen molar-refractivity contribution in [3.63, 3.8) is 0 Å². The molecule has 0 unspecified atom stereocenters. The fourth-order valence-corrected chi connectivity index (χ4v) is 4.45. The molecule has 1 aliphatic rings. The Balaban J connectivity index is 2.58. The number of allylic oxidation sites excluding steroid dienone is 11. The number of hydrogen-bond donors (Lipinski definition) is 0. The first-order valence-electron chi connectivity index (χ1n) is 22.9. The van der Waals surface area contributed by atoms with E-state index in [1.165, 1.54) is 30.1 Å². The van der Waals surface area contributed by atoms with Gasteiger partial charge in [0, 0.05) is 29.7 Å². The minimum atomic E-state index is -4.29. The van der Waals surface area contributed by atoms with Crippen LogP contribution in [0.25, 0.3) is 0 Å². The maximum Gasteiger partial charge on any atom is 0.306 e. The summed E-state index contributed by atoms with van der Waals surface area (Å²) in [6, 6.07) is 0. The minimum Gasteiger partial charge on any atom is -0.461 e. The van der Waals surface area contributed by atoms with Crippen molar-refractivity contribution in [3.05, 3.63) is 70.9 Å². The predicted molar refractivity (Wildman–Crippen MR) is 177 cm³/mol. The van der Waals surface area contributed by atoms with Crippen LogP contribution in [-0.4, -0.2) is 12.6 Å². The number of carbonyl (C=O) groups excluding carboxylic acids is 1. The number of rotatable bonds is 21. The van der Waals surface area contributed by atoms with Gasteiger partial charge in [-0.1, -0.05) is 131 Å². The van der Waals surface area contributed by atoms with Crippen molar-refractivity contribution >= 4 is 5.97 Å². The highest BCUT2D eigenvalue weighted by atomic mass is 16.5. The molecule has 0 heterocycles. The van der Waals surface area contributed by atoms with E-state index >= 15 is 0 Å². The van der Waals surface area contributed by atoms with Crippen LogP contribution < -0.4 is 0 Å². The van der Waals surface area contributed by atoms with Crippen molar-refractivity contribution in [3.8, 4) is 0 Å². The Morgan fingerprint density at radius 3 is 2.52 bits per heavy atom. The van der Waals surface area contributed by atoms with Gasteiger partial charge >= 0.3 is 5.97 Å². The molecule has 1 aliphatic carbocycles. The standard InChI is InChI=1S/C38H62O2/c1-7-8-9-10-11-12-13-14-15-16-17-18-19-20-21-27-37(39)40-32-30-34(3)25-22-24-33(2)28-29-36-35(4)26-23-31-38(36,5)6/h14-15,22,24-25,28-30H,7-13,16-21,23,26-27,31-32H2,1-6H3/b15-14-,25-22+,29-28+,33-24-,34-30+/i1D3,7D2,8D2,9D2,10D2,11D2,12D2,13D2. The fourth-order valence-electron chi connectivity index (χ4n) is 4.45. The number of unbranched alkanes of at least 4 members (excludes halogenated alkanes) is 5. The van der Waals surface area contributed by atoms with E-state index in [9.17, 15) is 4.79 Å². The molecule has 0 saturated heterocycles. The van der Waals surface area contributed by atoms with Gasteiger partial charge in [-0.3, -0.25) is 4.79 Å². The lowest BCUT2D eigenvalue weighted by atomic mass is 9.72. The van der Waals surface area contributed by atoms with Gasteiger partial charge in [0.1, 0.15) is 6.61 Å². The van der Waals surface area contributed by atoms with Crippen molar-refractivity contribution in [1.82, 2.24) is 0 Å². The smallest absolute Gasteiger partial charge is 0.306 e. The van der Waals surface area contributed by atoms with Crippen LogP contribution in [0.1, 0.15) is 174 Å². The minimum absolute atomic E-state index is 0.161. The summed E-state index contributed by atoms with van der Waals surface area (Å²) in [6.07, 6.45) is -6.63. The molecule has 0 amide bonds. The molecular formula is C38H62O2. The van der Waals surface area contributed by atoms with E-state index in [0.29, 0.717) is 25.3 Å². The summed E-state index contributed by atoms with van der Waals surface area (Å²) < 4.78 is 140. The molecule has 0 aromatic rings. The third-order valence-corrected chi connectivity index (χ3v) is 6.76. The molecule has 0 atom stereocenters. The van der Waals surface area contributed by atoms with Crippen LogP contribution >= 0.6 is 0 Å². The maximum absolute atomic E-state index is 12.2. The lowest BCUT2D eigenvalue weighted by Crippen LogP contribution is -2.19. The highest BCUT2D eigenvalue weighted by molar-refractivity contribution is 5.69. The summed E-state index contributed by atoms with van der Waals surface area (Å²) in [4.78, 5) is 12.2. The largest absolute Gasteiger partial charge is 0.461 e. The average molecular weight is 568 g/mol. The molecule has 1 rings (SSSR count). The maximum atomic E-state index is 12.2. The van der Waals surface area contributed by atoms with Gasteiger partial charge in [0.2, 0.25) is 0 Å². The van der Waals surface area contributed by atoms with Crippen LogP contribution in [-0.2, 0) is 9.53 Å². The molecule has 226 valence electrons. The first-order chi connectivity index (χ1) is 25.7. The lowest BCUT2D eigenvalue weighted by molar-refractivity contribution is -0.142. The molecule has 0 spiro atoms. The molecule has 2 nitrogen and oxygen atoms in total. The Hall–Kier alpha value is -2.09. The molecule has 0 N–H and O–H groups in total. The van der Waals surface area contributed by atoms with Crippen LogP contribution in [0, 0.1) is 5.41 Å². The van der Waals surface area contributed by atoms with Crippen LogP contribution in [0.3, 0.4) is 0 Å². The average Bonchev–Trinajstić information content (AvgIpc) is 3.05. The van der Waals surface area contributed by atoms with E-state index in [4.69, 9.17) is 28.0 Å². The molecule has 0 aromatic carbocycles. The Morgan fingerprint density at radius 1 is 0.975 bits per heavy atom. The van der Waals surface area contributed by atoms with E-state index in [1.807, 2.05) is 31.2 Å². The van der Waals surface area contributed by atoms with E-state index in [-0.39, 0.29) is 30.8 Å². The predicted octanol–water partition coefficient (Wildman–Crippen LogP) is 12.1. The normalized spacial score (nSPS) is 25.8. The molecule has 40 heavy (non-hydrogen) atoms. The summed E-state index contributed by atoms with van der Waals surface area (Å²) in [5.74, 6) is -0.317. The first kappa shape index (κ1) is 17.1. The second kappa shape index (κ2) is 22.6. The topological polar surface area (TPSA) is 26.3 Å². The van der Waals surface area contributed by atoms with Gasteiger partial charge in [0.05, 0.1) is 0 Å². The molecular weight excluding hydrogens is 488 g/mol. The molecule has 0 aromatic heterocycles. The highest BCUT2D eigenvalue weighted by Crippen LogP contribution is 2.40. The van der Waals surface area contributed by atoms with Crippen molar-refractivity contribution in [1.29, 1.82) is 0 Å². The zero-order chi connectivity index (χ0) is 44.5. The summed E-state index contributed by atoms with van der Waals surface area (Å²) in [5, 5.41) is 0. The third kappa shape index (κ3) is 18.3. The number of carbonyl (C=O) groups is 1. The molecule has 0 bridgehead atoms. The Labute approximate surface area is 272 Å². The lowest BCUT2D eigenvalue weighted by Gasteiger charge is -2.32. The third-order valence-electron chi connectivity index (χ3n) is 6.76. The molecule has 2 heteroatoms. The van der Waals surface area contributed by atoms with Crippen molar-refractivity contribution in [2.75, 3.05) is 6.61 Å². The van der Waals surface area contributed by atoms with Gasteiger partial charge in [-0.05, 0) is 89.1 Å². The number of hydrogen-bond acceptors (Lipinski definition) is 2. The summed E-state index contributed by atoms with van der Waals surface area (Å²) in [5.41, 5.74) is 5.16. The van der Waals surface area contributed by atoms with Crippen molar-refractivity contribution in [2.45, 2.75) is 150 Å². The van der Waals surface area contributed by atoms with Gasteiger partial charge < -0.3 is 4.74 Å². The Kier molecular flexibility index (Phi) is 9.67. The number of ether oxygens (including phenoxy) is 1. The van der Waals surface area contributed by atoms with Gasteiger partial charge in [0.25, 0.3) is 0 Å². The SMILES string of the molecule is [2H]C([2H])([2H])C([2H])([2H])C([2H])([2H])C([2H])([2H])C([2H])([2H])C([2H])([2H])C([2H])([2H])C([2H])([2H])/C=C\CCCCCCCC(=O)OC/C=C(C)/C=C/C=C(C)\C=C\C1=C(C)CCCC1(C)C. The van der Waals surface area contributed by atoms with E-state index in [1.54, 1.807) is 0 Å². The molecule has 0 fully saturated rings. The van der Waals surface area contributed by atoms with Crippen LogP contribution in [0.4, 0.5) is 0 Å². The van der Waals surface area contributed by atoms with Crippen molar-refractivity contribution < 1.29 is 32.8 Å². The first-order valence-corrected chi connectivity index (χ1v) is 14.4. The molecule has 0 radical (unpaired) electrons. The fraction of sp³-hybridized carbons (Fsp3) is 0.658. The van der Waals surface area contributed by atoms with E-state index < -0.39 is 51.5 Å². The number of esters is 1. The van der Waals surface area contributed by atoms with Crippen LogP contribution in [0.2, 0.25) is 0 Å². The van der Waals surface area contributed by atoms with Gasteiger partial charge in [-0.2, -0.15) is 0 Å². The monoisotopic (exact) mass is 568 g/mol. The van der Waals surface area contributed by atoms with Gasteiger partial charge in [-0.15, -0.1) is 0 Å². The second-order valence-corrected chi connectivity index (χ2v) is 10.8. The zero-order valence-corrected chi connectivity index (χ0v) is 25.2. The van der Waals surface area contributed by atoms with Gasteiger partial charge in [-0.25, -0.2) is 0 Å². The molecule has 0 aliphatic heterocycles. The van der Waals surface area contributed by atoms with E-state index in [0.717, 1.165) is 30.4 Å². The zero-order valence-electron chi connectivity index (χ0n) is 42.2. The van der Waals surface area contributed by atoms with Crippen LogP contribution in [0.5, 0.6) is 0 Å². The van der Waals surface area contributed by atoms with Crippen molar-refractivity contribution in [2.24, 2.45) is 5.41 Å². The quantitative estimate of drug-likeness (QED) is 0.0596. The van der Waals surface area contributed by atoms with Crippen LogP contribution in [0.15, 0.2) is 70.9 Å². The highest BCUT2D eigenvalue weighted by Gasteiger charge is 2.26. The summed E-state index contributed by atoms with van der Waals surface area (Å²) >= 11 is 0. The Bertz CT molecular complexity index is 1540. The summed E-state index contributed by atoms with van der Waals surface area (Å²) in [6.45, 7) is 7.16.